The molecule has 0 aromatic heterocycles. The molecule has 0 unspecified atom stereocenters. The van der Waals surface area contributed by atoms with Gasteiger partial charge in [-0.05, 0) is 23.0 Å². The number of carbonyl (C=O) groups excluding carboxylic acids is 3. The van der Waals surface area contributed by atoms with E-state index in [1.165, 1.54) is 0 Å². The maximum absolute atomic E-state index is 13.2. The summed E-state index contributed by atoms with van der Waals surface area (Å²) in [5.41, 5.74) is 0.363. The second-order valence-electron chi connectivity index (χ2n) is 10.1. The van der Waals surface area contributed by atoms with Crippen molar-refractivity contribution in [3.05, 3.63) is 39.1 Å². The maximum Gasteiger partial charge on any atom is 0.163 e. The van der Waals surface area contributed by atoms with Crippen LogP contribution in [0.4, 0.5) is 0 Å². The molecule has 29 heavy (non-hydrogen) atoms. The third kappa shape index (κ3) is 3.55. The highest BCUT2D eigenvalue weighted by Crippen LogP contribution is 2.54. The molecule has 1 aromatic rings. The Hall–Kier alpha value is -1.65. The first-order chi connectivity index (χ1) is 13.4. The van der Waals surface area contributed by atoms with Crippen molar-refractivity contribution in [2.24, 2.45) is 16.7 Å². The number of halogens is 2. The Morgan fingerprint density at radius 2 is 1.45 bits per heavy atom. The summed E-state index contributed by atoms with van der Waals surface area (Å²) in [7, 11) is 0. The number of benzene rings is 1. The van der Waals surface area contributed by atoms with Gasteiger partial charge in [0.05, 0.1) is 10.9 Å². The molecule has 2 aliphatic carbocycles. The lowest BCUT2D eigenvalue weighted by Gasteiger charge is -2.42. The van der Waals surface area contributed by atoms with Crippen molar-refractivity contribution >= 4 is 40.6 Å². The summed E-state index contributed by atoms with van der Waals surface area (Å²) in [5.74, 6) is -1.02. The van der Waals surface area contributed by atoms with E-state index in [1.807, 2.05) is 27.7 Å². The number of hydrogen-bond donors (Lipinski definition) is 0. The summed E-state index contributed by atoms with van der Waals surface area (Å²) in [6.45, 7) is 7.85. The average molecular weight is 435 g/mol. The van der Waals surface area contributed by atoms with Crippen LogP contribution in [0.15, 0.2) is 23.5 Å². The highest BCUT2D eigenvalue weighted by molar-refractivity contribution is 6.35. The summed E-state index contributed by atoms with van der Waals surface area (Å²) < 4.78 is 6.11. The van der Waals surface area contributed by atoms with E-state index in [2.05, 4.69) is 0 Å². The molecule has 1 fully saturated rings. The minimum Gasteiger partial charge on any atom is -0.459 e. The topological polar surface area (TPSA) is 60.4 Å². The summed E-state index contributed by atoms with van der Waals surface area (Å²) in [5, 5.41) is 0.696. The maximum atomic E-state index is 13.2. The number of fused-ring (bicyclic) bond motifs is 1. The Bertz CT molecular complexity index is 967. The third-order valence-corrected chi connectivity index (χ3v) is 6.62. The lowest BCUT2D eigenvalue weighted by Crippen LogP contribution is -2.44. The van der Waals surface area contributed by atoms with Gasteiger partial charge in [0.25, 0.3) is 0 Å². The van der Waals surface area contributed by atoms with Gasteiger partial charge >= 0.3 is 0 Å². The first-order valence-electron chi connectivity index (χ1n) is 9.87. The van der Waals surface area contributed by atoms with E-state index < -0.39 is 11.8 Å². The number of allylic oxidation sites excluding steroid dienone is 2. The van der Waals surface area contributed by atoms with Crippen LogP contribution in [-0.4, -0.2) is 17.3 Å². The molecule has 0 bridgehead atoms. The number of rotatable bonds is 1. The molecule has 0 amide bonds. The van der Waals surface area contributed by atoms with E-state index in [1.54, 1.807) is 12.1 Å². The molecule has 0 spiro atoms. The molecule has 154 valence electrons. The molecule has 0 radical (unpaired) electrons. The first-order valence-corrected chi connectivity index (χ1v) is 10.6. The molecule has 1 heterocycles. The van der Waals surface area contributed by atoms with Gasteiger partial charge in [0.1, 0.15) is 23.1 Å². The number of ketones is 3. The van der Waals surface area contributed by atoms with E-state index in [0.717, 1.165) is 0 Å². The van der Waals surface area contributed by atoms with Crippen molar-refractivity contribution in [2.75, 3.05) is 0 Å². The molecule has 0 N–H and O–H groups in total. The number of Topliss-reactive ketones (excluding diaryl/α,β-unsaturated/α-hetero) is 3. The van der Waals surface area contributed by atoms with Gasteiger partial charge in [-0.2, -0.15) is 0 Å². The molecule has 0 saturated heterocycles. The Morgan fingerprint density at radius 3 is 2.07 bits per heavy atom. The molecule has 1 aliphatic heterocycles. The van der Waals surface area contributed by atoms with E-state index in [4.69, 9.17) is 27.9 Å². The van der Waals surface area contributed by atoms with Crippen LogP contribution in [-0.2, 0) is 14.4 Å². The van der Waals surface area contributed by atoms with Crippen molar-refractivity contribution in [3.63, 3.8) is 0 Å². The zero-order chi connectivity index (χ0) is 21.3. The first kappa shape index (κ1) is 20.6. The summed E-state index contributed by atoms with van der Waals surface area (Å²) >= 11 is 12.7. The number of carbonyl (C=O) groups is 3. The standard InChI is InChI=1S/C23H24Cl2O4/c1-22(2)7-14(26)19(15(27)8-22)18-12-5-11(24)6-13(25)21(12)29-17-10-23(3,4)9-16(28)20(17)18/h5-6,18-19H,7-10H2,1-4H3/t18-/m0/s1. The van der Waals surface area contributed by atoms with Crippen molar-refractivity contribution in [1.29, 1.82) is 0 Å². The van der Waals surface area contributed by atoms with Crippen LogP contribution < -0.4 is 4.74 Å². The third-order valence-electron chi connectivity index (χ3n) is 6.12. The normalized spacial score (nSPS) is 26.1. The van der Waals surface area contributed by atoms with Gasteiger partial charge in [-0.1, -0.05) is 50.9 Å². The average Bonchev–Trinajstić information content (AvgIpc) is 2.52. The Labute approximate surface area is 180 Å². The van der Waals surface area contributed by atoms with Crippen LogP contribution in [0.2, 0.25) is 10.0 Å². The van der Waals surface area contributed by atoms with Crippen molar-refractivity contribution in [3.8, 4) is 5.75 Å². The van der Waals surface area contributed by atoms with E-state index in [0.29, 0.717) is 58.4 Å². The predicted octanol–water partition coefficient (Wildman–Crippen LogP) is 5.69. The van der Waals surface area contributed by atoms with Gasteiger partial charge in [0.2, 0.25) is 0 Å². The summed E-state index contributed by atoms with van der Waals surface area (Å²) in [6.07, 6.45) is 1.48. The van der Waals surface area contributed by atoms with Crippen LogP contribution in [0.1, 0.15) is 64.9 Å². The van der Waals surface area contributed by atoms with Crippen LogP contribution >= 0.6 is 23.2 Å². The smallest absolute Gasteiger partial charge is 0.163 e. The van der Waals surface area contributed by atoms with Gasteiger partial charge in [0.15, 0.2) is 5.78 Å². The molecule has 4 rings (SSSR count). The fourth-order valence-corrected chi connectivity index (χ4v) is 5.58. The van der Waals surface area contributed by atoms with E-state index in [9.17, 15) is 14.4 Å². The molecular formula is C23H24Cl2O4. The second-order valence-corrected chi connectivity index (χ2v) is 10.9. The SMILES string of the molecule is CC1(C)CC(=O)C([C@H]2C3=C(CC(C)(C)CC3=O)Oc3c(Cl)cc(Cl)cc32)C(=O)C1. The van der Waals surface area contributed by atoms with E-state index in [-0.39, 0.29) is 28.2 Å². The fourth-order valence-electron chi connectivity index (χ4n) is 5.04. The summed E-state index contributed by atoms with van der Waals surface area (Å²) in [6, 6.07) is 3.25. The highest BCUT2D eigenvalue weighted by atomic mass is 35.5. The van der Waals surface area contributed by atoms with Crippen LogP contribution in [0.25, 0.3) is 0 Å². The Balaban J connectivity index is 1.92. The Kier molecular flexibility index (Phi) is 4.75. The largest absolute Gasteiger partial charge is 0.459 e. The Morgan fingerprint density at radius 1 is 0.862 bits per heavy atom. The highest BCUT2D eigenvalue weighted by Gasteiger charge is 2.51. The van der Waals surface area contributed by atoms with Crippen molar-refractivity contribution in [2.45, 2.75) is 59.3 Å². The molecule has 3 aliphatic rings. The molecule has 1 atom stereocenters. The molecule has 1 saturated carbocycles. The number of ether oxygens (including phenoxy) is 1. The van der Waals surface area contributed by atoms with Crippen LogP contribution in [0.5, 0.6) is 5.75 Å². The lowest BCUT2D eigenvalue weighted by atomic mass is 9.62. The summed E-state index contributed by atoms with van der Waals surface area (Å²) in [4.78, 5) is 39.5. The van der Waals surface area contributed by atoms with Gasteiger partial charge in [0, 0.05) is 47.8 Å². The number of hydrogen-bond acceptors (Lipinski definition) is 4. The van der Waals surface area contributed by atoms with Crippen molar-refractivity contribution < 1.29 is 19.1 Å². The lowest BCUT2D eigenvalue weighted by molar-refractivity contribution is -0.140. The molecule has 1 aromatic carbocycles. The monoisotopic (exact) mass is 434 g/mol. The van der Waals surface area contributed by atoms with Crippen molar-refractivity contribution in [1.82, 2.24) is 0 Å². The second kappa shape index (κ2) is 6.68. The van der Waals surface area contributed by atoms with Gasteiger partial charge in [-0.3, -0.25) is 14.4 Å². The van der Waals surface area contributed by atoms with Crippen LogP contribution in [0, 0.1) is 16.7 Å². The quantitative estimate of drug-likeness (QED) is 0.532. The van der Waals surface area contributed by atoms with Crippen LogP contribution in [0.3, 0.4) is 0 Å². The predicted molar refractivity (Wildman–Crippen MR) is 111 cm³/mol. The minimum atomic E-state index is -0.907. The molecular weight excluding hydrogens is 411 g/mol. The fraction of sp³-hybridized carbons (Fsp3) is 0.522. The zero-order valence-electron chi connectivity index (χ0n) is 17.0. The molecule has 4 nitrogen and oxygen atoms in total. The van der Waals surface area contributed by atoms with E-state index >= 15 is 0 Å². The van der Waals surface area contributed by atoms with Gasteiger partial charge in [-0.25, -0.2) is 0 Å². The van der Waals surface area contributed by atoms with Gasteiger partial charge in [-0.15, -0.1) is 0 Å². The minimum absolute atomic E-state index is 0.0755. The molecule has 6 heteroatoms. The zero-order valence-corrected chi connectivity index (χ0v) is 18.5. The van der Waals surface area contributed by atoms with Gasteiger partial charge < -0.3 is 4.74 Å².